The lowest BCUT2D eigenvalue weighted by molar-refractivity contribution is 0.0955. The number of carbonyl (C=O) groups excluding carboxylic acids is 1. The maximum Gasteiger partial charge on any atom is 0.179 e. The summed E-state index contributed by atoms with van der Waals surface area (Å²) in [5.74, 6) is 0.126. The average Bonchev–Trinajstić information content (AvgIpc) is 2.73. The van der Waals surface area contributed by atoms with Crippen LogP contribution in [-0.2, 0) is 0 Å². The molecule has 0 saturated heterocycles. The smallest absolute Gasteiger partial charge is 0.179 e. The van der Waals surface area contributed by atoms with Crippen molar-refractivity contribution >= 4 is 16.7 Å². The molecule has 2 rings (SSSR count). The third-order valence-electron chi connectivity index (χ3n) is 2.66. The first-order valence-electron chi connectivity index (χ1n) is 5.01. The second-order valence-electron chi connectivity index (χ2n) is 3.65. The quantitative estimate of drug-likeness (QED) is 0.747. The Morgan fingerprint density at radius 3 is 2.93 bits per heavy atom. The van der Waals surface area contributed by atoms with Gasteiger partial charge in [0, 0.05) is 22.7 Å². The number of hydrogen-bond acceptors (Lipinski definition) is 2. The van der Waals surface area contributed by atoms with Crippen molar-refractivity contribution in [3.63, 3.8) is 0 Å². The number of H-pyrrole nitrogens is 1. The van der Waals surface area contributed by atoms with Crippen molar-refractivity contribution in [2.24, 2.45) is 0 Å². The number of aromatic nitrogens is 1. The van der Waals surface area contributed by atoms with Crippen LogP contribution in [0.5, 0.6) is 0 Å². The second kappa shape index (κ2) is 3.87. The van der Waals surface area contributed by atoms with Crippen LogP contribution < -0.4 is 5.32 Å². The average molecular weight is 202 g/mol. The summed E-state index contributed by atoms with van der Waals surface area (Å²) in [7, 11) is 1.79. The summed E-state index contributed by atoms with van der Waals surface area (Å²) in [6.07, 6.45) is 1.88. The minimum Gasteiger partial charge on any atom is -0.361 e. The molecule has 0 saturated carbocycles. The van der Waals surface area contributed by atoms with Crippen molar-refractivity contribution in [3.8, 4) is 0 Å². The van der Waals surface area contributed by atoms with Crippen LogP contribution in [0.1, 0.15) is 17.3 Å². The Morgan fingerprint density at radius 1 is 1.40 bits per heavy atom. The molecule has 3 nitrogen and oxygen atoms in total. The lowest BCUT2D eigenvalue weighted by Crippen LogP contribution is -2.30. The number of carbonyl (C=O) groups is 1. The van der Waals surface area contributed by atoms with Gasteiger partial charge in [-0.1, -0.05) is 0 Å². The SMILES string of the molecule is CNC(C)C(=O)c1ccc2[nH]ccc2c1. The van der Waals surface area contributed by atoms with E-state index in [2.05, 4.69) is 10.3 Å². The third-order valence-corrected chi connectivity index (χ3v) is 2.66. The van der Waals surface area contributed by atoms with Crippen LogP contribution in [0.25, 0.3) is 10.9 Å². The number of ketones is 1. The van der Waals surface area contributed by atoms with Gasteiger partial charge in [-0.05, 0) is 38.2 Å². The topological polar surface area (TPSA) is 44.9 Å². The van der Waals surface area contributed by atoms with Gasteiger partial charge < -0.3 is 10.3 Å². The molecular weight excluding hydrogens is 188 g/mol. The highest BCUT2D eigenvalue weighted by atomic mass is 16.1. The van der Waals surface area contributed by atoms with E-state index in [1.807, 2.05) is 37.4 Å². The first kappa shape index (κ1) is 9.93. The van der Waals surface area contributed by atoms with E-state index in [4.69, 9.17) is 0 Å². The summed E-state index contributed by atoms with van der Waals surface area (Å²) in [5, 5.41) is 4.02. The van der Waals surface area contributed by atoms with Crippen LogP contribution in [0.3, 0.4) is 0 Å². The second-order valence-corrected chi connectivity index (χ2v) is 3.65. The van der Waals surface area contributed by atoms with Crippen molar-refractivity contribution in [2.45, 2.75) is 13.0 Å². The molecule has 0 bridgehead atoms. The number of likely N-dealkylation sites (N-methyl/N-ethyl adjacent to an activating group) is 1. The van der Waals surface area contributed by atoms with Gasteiger partial charge in [-0.2, -0.15) is 0 Å². The number of fused-ring (bicyclic) bond motifs is 1. The Hall–Kier alpha value is -1.61. The molecule has 0 aliphatic carbocycles. The van der Waals surface area contributed by atoms with Gasteiger partial charge in [0.2, 0.25) is 0 Å². The molecule has 0 aliphatic heterocycles. The fraction of sp³-hybridized carbons (Fsp3) is 0.250. The maximum atomic E-state index is 11.9. The number of aromatic amines is 1. The van der Waals surface area contributed by atoms with Gasteiger partial charge >= 0.3 is 0 Å². The van der Waals surface area contributed by atoms with E-state index in [1.54, 1.807) is 7.05 Å². The monoisotopic (exact) mass is 202 g/mol. The van der Waals surface area contributed by atoms with E-state index >= 15 is 0 Å². The zero-order valence-electron chi connectivity index (χ0n) is 8.87. The summed E-state index contributed by atoms with van der Waals surface area (Å²) in [6.45, 7) is 1.86. The van der Waals surface area contributed by atoms with Crippen LogP contribution >= 0.6 is 0 Å². The van der Waals surface area contributed by atoms with Crippen molar-refractivity contribution in [2.75, 3.05) is 7.05 Å². The summed E-state index contributed by atoms with van der Waals surface area (Å²) >= 11 is 0. The Labute approximate surface area is 88.5 Å². The molecule has 15 heavy (non-hydrogen) atoms. The Morgan fingerprint density at radius 2 is 2.20 bits per heavy atom. The molecule has 1 unspecified atom stereocenters. The van der Waals surface area contributed by atoms with Crippen molar-refractivity contribution in [3.05, 3.63) is 36.0 Å². The standard InChI is InChI=1S/C12H14N2O/c1-8(13-2)12(15)10-3-4-11-9(7-10)5-6-14-11/h3-8,13-14H,1-2H3. The number of hydrogen-bond donors (Lipinski definition) is 2. The molecule has 0 radical (unpaired) electrons. The predicted octanol–water partition coefficient (Wildman–Crippen LogP) is 1.96. The highest BCUT2D eigenvalue weighted by molar-refractivity contribution is 6.02. The van der Waals surface area contributed by atoms with Gasteiger partial charge in [0.1, 0.15) is 0 Å². The summed E-state index contributed by atoms with van der Waals surface area (Å²) in [5.41, 5.74) is 1.81. The van der Waals surface area contributed by atoms with E-state index in [0.717, 1.165) is 16.5 Å². The fourth-order valence-electron chi connectivity index (χ4n) is 1.59. The van der Waals surface area contributed by atoms with Crippen LogP contribution in [0.2, 0.25) is 0 Å². The van der Waals surface area contributed by atoms with E-state index < -0.39 is 0 Å². The van der Waals surface area contributed by atoms with Crippen LogP contribution in [0.4, 0.5) is 0 Å². The molecule has 1 heterocycles. The van der Waals surface area contributed by atoms with E-state index in [9.17, 15) is 4.79 Å². The van der Waals surface area contributed by atoms with Gasteiger partial charge in [0.25, 0.3) is 0 Å². The number of benzene rings is 1. The Balaban J connectivity index is 2.39. The largest absolute Gasteiger partial charge is 0.361 e. The lowest BCUT2D eigenvalue weighted by Gasteiger charge is -2.08. The molecule has 1 aromatic heterocycles. The minimum absolute atomic E-state index is 0.126. The lowest BCUT2D eigenvalue weighted by atomic mass is 10.0. The van der Waals surface area contributed by atoms with Gasteiger partial charge in [0.15, 0.2) is 5.78 Å². The normalized spacial score (nSPS) is 12.9. The van der Waals surface area contributed by atoms with Crippen LogP contribution in [0.15, 0.2) is 30.5 Å². The molecule has 78 valence electrons. The van der Waals surface area contributed by atoms with Crippen LogP contribution in [-0.4, -0.2) is 23.9 Å². The molecule has 1 atom stereocenters. The zero-order chi connectivity index (χ0) is 10.8. The molecule has 2 aromatic rings. The number of nitrogens with one attached hydrogen (secondary N) is 2. The molecular formula is C12H14N2O. The van der Waals surface area contributed by atoms with Crippen molar-refractivity contribution in [1.82, 2.24) is 10.3 Å². The Kier molecular flexibility index (Phi) is 2.56. The van der Waals surface area contributed by atoms with Crippen molar-refractivity contribution < 1.29 is 4.79 Å². The molecule has 1 aromatic carbocycles. The molecule has 3 heteroatoms. The maximum absolute atomic E-state index is 11.9. The molecule has 2 N–H and O–H groups in total. The van der Waals surface area contributed by atoms with Gasteiger partial charge in [-0.3, -0.25) is 4.79 Å². The molecule has 0 amide bonds. The van der Waals surface area contributed by atoms with Gasteiger partial charge in [0.05, 0.1) is 6.04 Å². The number of Topliss-reactive ketones (excluding diaryl/α,β-unsaturated/α-hetero) is 1. The molecule has 0 fully saturated rings. The third kappa shape index (κ3) is 1.78. The first-order chi connectivity index (χ1) is 7.22. The predicted molar refractivity (Wildman–Crippen MR) is 61.2 cm³/mol. The highest BCUT2D eigenvalue weighted by Crippen LogP contribution is 2.15. The molecule has 0 aliphatic rings. The fourth-order valence-corrected chi connectivity index (χ4v) is 1.59. The van der Waals surface area contributed by atoms with Gasteiger partial charge in [-0.15, -0.1) is 0 Å². The number of rotatable bonds is 3. The molecule has 0 spiro atoms. The summed E-state index contributed by atoms with van der Waals surface area (Å²) < 4.78 is 0. The van der Waals surface area contributed by atoms with Gasteiger partial charge in [-0.25, -0.2) is 0 Å². The van der Waals surface area contributed by atoms with Crippen LogP contribution in [0, 0.1) is 0 Å². The minimum atomic E-state index is -0.138. The highest BCUT2D eigenvalue weighted by Gasteiger charge is 2.13. The van der Waals surface area contributed by atoms with E-state index in [0.29, 0.717) is 0 Å². The Bertz CT molecular complexity index is 487. The first-order valence-corrected chi connectivity index (χ1v) is 5.01. The summed E-state index contributed by atoms with van der Waals surface area (Å²) in [4.78, 5) is 15.0. The van der Waals surface area contributed by atoms with E-state index in [-0.39, 0.29) is 11.8 Å². The van der Waals surface area contributed by atoms with Crippen molar-refractivity contribution in [1.29, 1.82) is 0 Å². The summed E-state index contributed by atoms with van der Waals surface area (Å²) in [6, 6.07) is 7.54. The zero-order valence-corrected chi connectivity index (χ0v) is 8.87. The van der Waals surface area contributed by atoms with E-state index in [1.165, 1.54) is 0 Å².